The molecule has 25 heavy (non-hydrogen) atoms. The average Bonchev–Trinajstić information content (AvgIpc) is 2.51. The van der Waals surface area contributed by atoms with E-state index >= 15 is 0 Å². The lowest BCUT2D eigenvalue weighted by molar-refractivity contribution is -0.153. The second-order valence-electron chi connectivity index (χ2n) is 5.06. The Morgan fingerprint density at radius 1 is 1.16 bits per heavy atom. The molecule has 0 bridgehead atoms. The molecule has 0 aliphatic rings. The Bertz CT molecular complexity index is 854. The van der Waals surface area contributed by atoms with Gasteiger partial charge in [0.05, 0.1) is 19.1 Å². The Morgan fingerprint density at radius 3 is 2.48 bits per heavy atom. The van der Waals surface area contributed by atoms with E-state index in [1.54, 1.807) is 6.07 Å². The number of halogens is 3. The summed E-state index contributed by atoms with van der Waals surface area (Å²) in [4.78, 5) is 3.93. The second kappa shape index (κ2) is 7.18. The highest BCUT2D eigenvalue weighted by Crippen LogP contribution is 2.38. The molecule has 0 saturated carbocycles. The highest BCUT2D eigenvalue weighted by atomic mass is 32.2. The molecule has 1 aromatic carbocycles. The quantitative estimate of drug-likeness (QED) is 0.838. The van der Waals surface area contributed by atoms with E-state index in [-0.39, 0.29) is 17.0 Å². The summed E-state index contributed by atoms with van der Waals surface area (Å²) in [5.74, 6) is 0.230. The molecule has 2 rings (SSSR count). The average molecular weight is 376 g/mol. The largest absolute Gasteiger partial charge is 0.496 e. The fraction of sp³-hybridized carbons (Fsp3) is 0.267. The van der Waals surface area contributed by atoms with Crippen molar-refractivity contribution in [1.29, 1.82) is 0 Å². The van der Waals surface area contributed by atoms with Crippen LogP contribution in [0.1, 0.15) is 0 Å². The zero-order valence-electron chi connectivity index (χ0n) is 13.3. The van der Waals surface area contributed by atoms with Crippen molar-refractivity contribution in [3.8, 4) is 22.6 Å². The summed E-state index contributed by atoms with van der Waals surface area (Å²) < 4.78 is 72.4. The summed E-state index contributed by atoms with van der Waals surface area (Å²) in [6.07, 6.45) is -0.728. The fourth-order valence-corrected chi connectivity index (χ4v) is 2.62. The summed E-state index contributed by atoms with van der Waals surface area (Å²) in [6, 6.07) is 5.56. The second-order valence-corrected chi connectivity index (χ2v) is 6.81. The minimum absolute atomic E-state index is 0.0753. The number of rotatable bonds is 6. The molecular weight excluding hydrogens is 361 g/mol. The van der Waals surface area contributed by atoms with Gasteiger partial charge in [0.25, 0.3) is 0 Å². The maximum atomic E-state index is 12.5. The van der Waals surface area contributed by atoms with Crippen LogP contribution in [-0.2, 0) is 10.0 Å². The third-order valence-corrected chi connectivity index (χ3v) is 3.57. The van der Waals surface area contributed by atoms with Crippen LogP contribution in [0.3, 0.4) is 0 Å². The molecule has 6 nitrogen and oxygen atoms in total. The summed E-state index contributed by atoms with van der Waals surface area (Å²) in [5.41, 5.74) is 0.771. The van der Waals surface area contributed by atoms with Crippen LogP contribution < -0.4 is 14.2 Å². The van der Waals surface area contributed by atoms with Crippen LogP contribution in [-0.4, -0.2) is 39.6 Å². The predicted molar refractivity (Wildman–Crippen MR) is 86.2 cm³/mol. The van der Waals surface area contributed by atoms with Gasteiger partial charge >= 0.3 is 6.18 Å². The lowest BCUT2D eigenvalue weighted by Crippen LogP contribution is -2.19. The number of anilines is 1. The highest BCUT2D eigenvalue weighted by molar-refractivity contribution is 7.92. The summed E-state index contributed by atoms with van der Waals surface area (Å²) in [5, 5.41) is 0. The molecule has 1 N–H and O–H groups in total. The SMILES string of the molecule is COc1ccncc1-c1ccc(NS(C)(=O)=O)cc1OCC(F)(F)F. The number of ether oxygens (including phenoxy) is 2. The van der Waals surface area contributed by atoms with Crippen LogP contribution in [0, 0.1) is 0 Å². The third-order valence-electron chi connectivity index (χ3n) is 2.97. The van der Waals surface area contributed by atoms with Crippen LogP contribution in [0.5, 0.6) is 11.5 Å². The van der Waals surface area contributed by atoms with E-state index in [0.29, 0.717) is 11.3 Å². The van der Waals surface area contributed by atoms with Crippen LogP contribution in [0.15, 0.2) is 36.7 Å². The van der Waals surface area contributed by atoms with Gasteiger partial charge in [-0.1, -0.05) is 0 Å². The maximum Gasteiger partial charge on any atom is 0.422 e. The number of nitrogens with zero attached hydrogens (tertiary/aromatic N) is 1. The topological polar surface area (TPSA) is 77.5 Å². The van der Waals surface area contributed by atoms with Gasteiger partial charge in [0.15, 0.2) is 6.61 Å². The molecule has 0 aliphatic carbocycles. The molecule has 2 aromatic rings. The molecule has 0 atom stereocenters. The van der Waals surface area contributed by atoms with Gasteiger partial charge in [0.2, 0.25) is 10.0 Å². The summed E-state index contributed by atoms with van der Waals surface area (Å²) >= 11 is 0. The Morgan fingerprint density at radius 2 is 1.88 bits per heavy atom. The maximum absolute atomic E-state index is 12.5. The number of nitrogens with one attached hydrogen (secondary N) is 1. The standard InChI is InChI=1S/C15H15F3N2O4S/c1-23-13-5-6-19-8-12(13)11-4-3-10(20-25(2,21)22)7-14(11)24-9-15(16,17)18/h3-8,20H,9H2,1-2H3. The van der Waals surface area contributed by atoms with Crippen molar-refractivity contribution in [3.63, 3.8) is 0 Å². The van der Waals surface area contributed by atoms with Crippen LogP contribution >= 0.6 is 0 Å². The number of hydrogen-bond acceptors (Lipinski definition) is 5. The minimum Gasteiger partial charge on any atom is -0.496 e. The highest BCUT2D eigenvalue weighted by Gasteiger charge is 2.29. The van der Waals surface area contributed by atoms with Gasteiger partial charge in [-0.05, 0) is 18.2 Å². The van der Waals surface area contributed by atoms with Gasteiger partial charge in [-0.2, -0.15) is 13.2 Å². The zero-order valence-corrected chi connectivity index (χ0v) is 14.1. The number of hydrogen-bond donors (Lipinski definition) is 1. The first-order valence-corrected chi connectivity index (χ1v) is 8.78. The van der Waals surface area contributed by atoms with Crippen molar-refractivity contribution < 1.29 is 31.1 Å². The van der Waals surface area contributed by atoms with Crippen molar-refractivity contribution in [2.24, 2.45) is 0 Å². The van der Waals surface area contributed by atoms with Crippen molar-refractivity contribution in [2.45, 2.75) is 6.18 Å². The molecule has 1 aromatic heterocycles. The lowest BCUT2D eigenvalue weighted by Gasteiger charge is -2.16. The number of aromatic nitrogens is 1. The van der Waals surface area contributed by atoms with Crippen molar-refractivity contribution >= 4 is 15.7 Å². The first-order chi connectivity index (χ1) is 11.6. The van der Waals surface area contributed by atoms with E-state index in [9.17, 15) is 21.6 Å². The Hall–Kier alpha value is -2.49. The van der Waals surface area contributed by atoms with Gasteiger partial charge in [0, 0.05) is 29.6 Å². The molecule has 0 spiro atoms. The van der Waals surface area contributed by atoms with Crippen molar-refractivity contribution in [2.75, 3.05) is 24.7 Å². The fourth-order valence-electron chi connectivity index (χ4n) is 2.06. The number of alkyl halides is 3. The van der Waals surface area contributed by atoms with Crippen LogP contribution in [0.4, 0.5) is 18.9 Å². The molecule has 1 heterocycles. The molecule has 0 amide bonds. The Kier molecular flexibility index (Phi) is 5.41. The number of pyridine rings is 1. The molecule has 0 saturated heterocycles. The smallest absolute Gasteiger partial charge is 0.422 e. The molecular formula is C15H15F3N2O4S. The first kappa shape index (κ1) is 18.8. The summed E-state index contributed by atoms with van der Waals surface area (Å²) in [6.45, 7) is -1.52. The molecule has 136 valence electrons. The third kappa shape index (κ3) is 5.52. The van der Waals surface area contributed by atoms with Gasteiger partial charge in [-0.25, -0.2) is 8.42 Å². The molecule has 0 fully saturated rings. The van der Waals surface area contributed by atoms with E-state index in [4.69, 9.17) is 9.47 Å². The van der Waals surface area contributed by atoms with Gasteiger partial charge in [-0.15, -0.1) is 0 Å². The monoisotopic (exact) mass is 376 g/mol. The van der Waals surface area contributed by atoms with Crippen LogP contribution in [0.2, 0.25) is 0 Å². The van der Waals surface area contributed by atoms with Crippen molar-refractivity contribution in [3.05, 3.63) is 36.7 Å². The minimum atomic E-state index is -4.55. The van der Waals surface area contributed by atoms with E-state index in [1.807, 2.05) is 0 Å². The zero-order chi connectivity index (χ0) is 18.7. The molecule has 10 heteroatoms. The molecule has 0 radical (unpaired) electrons. The lowest BCUT2D eigenvalue weighted by atomic mass is 10.1. The van der Waals surface area contributed by atoms with E-state index in [1.165, 1.54) is 37.7 Å². The van der Waals surface area contributed by atoms with E-state index in [2.05, 4.69) is 9.71 Å². The molecule has 0 unspecified atom stereocenters. The Balaban J connectivity index is 2.50. The first-order valence-electron chi connectivity index (χ1n) is 6.89. The molecule has 0 aliphatic heterocycles. The normalized spacial score (nSPS) is 11.9. The van der Waals surface area contributed by atoms with Gasteiger partial charge < -0.3 is 9.47 Å². The van der Waals surface area contributed by atoms with Crippen LogP contribution in [0.25, 0.3) is 11.1 Å². The van der Waals surface area contributed by atoms with E-state index < -0.39 is 22.8 Å². The van der Waals surface area contributed by atoms with Crippen molar-refractivity contribution in [1.82, 2.24) is 4.98 Å². The van der Waals surface area contributed by atoms with Gasteiger partial charge in [-0.3, -0.25) is 9.71 Å². The Labute approximate surface area is 142 Å². The number of methoxy groups -OCH3 is 1. The van der Waals surface area contributed by atoms with E-state index in [0.717, 1.165) is 6.26 Å². The summed E-state index contributed by atoms with van der Waals surface area (Å²) in [7, 11) is -2.18. The number of sulfonamides is 1. The van der Waals surface area contributed by atoms with Gasteiger partial charge in [0.1, 0.15) is 11.5 Å². The predicted octanol–water partition coefficient (Wildman–Crippen LogP) is 3.07. The number of benzene rings is 1.